The smallest absolute Gasteiger partial charge is 0.125 e. The van der Waals surface area contributed by atoms with Crippen LogP contribution in [0.4, 0.5) is 0 Å². The SMILES string of the molecule is C.C.C.CC.CC.CC.CC.CC.CC.CC.CC.CC.CC.CC.CC.Cc1cc(C)ncn1.Cc1ccc(C)cc1.Cc1ccc(C)nc1.Cc1ccc(C)nc1.Cc1cccc(C)c1.Cc1ccccc1C.Cc1cccnc1C.Cc1ccnc(C)c1.Cc1ccnc(C)n1.Cc1cncc(C)c1.Cc1cnnc(C)c1.Cc1cnnc(C)c1. The van der Waals surface area contributed by atoms with Crippen LogP contribution in [0.3, 0.4) is 0 Å². The molecule has 0 saturated heterocycles. The third kappa shape index (κ3) is 108. The van der Waals surface area contributed by atoms with E-state index in [-0.39, 0.29) is 22.3 Å². The molecule has 123 heavy (non-hydrogen) atoms. The van der Waals surface area contributed by atoms with Gasteiger partial charge < -0.3 is 0 Å². The van der Waals surface area contributed by atoms with E-state index >= 15 is 0 Å². The van der Waals surface area contributed by atoms with Gasteiger partial charge in [0, 0.05) is 83.2 Å². The number of aryl methyl sites for hydroxylation is 24. The summed E-state index contributed by atoms with van der Waals surface area (Å²) in [4.78, 5) is 36.1. The Morgan fingerprint density at radius 1 is 0.187 bits per heavy atom. The van der Waals surface area contributed by atoms with E-state index in [1.54, 1.807) is 24.9 Å². The van der Waals surface area contributed by atoms with Crippen LogP contribution in [0.1, 0.15) is 323 Å². The van der Waals surface area contributed by atoms with Gasteiger partial charge in [-0.2, -0.15) is 20.4 Å². The fourth-order valence-electron chi connectivity index (χ4n) is 7.52. The lowest BCUT2D eigenvalue weighted by Crippen LogP contribution is -1.86. The zero-order valence-electron chi connectivity index (χ0n) is 86.0. The van der Waals surface area contributed by atoms with Crippen LogP contribution >= 0.6 is 0 Å². The third-order valence-electron chi connectivity index (χ3n) is 13.0. The van der Waals surface area contributed by atoms with E-state index in [4.69, 9.17) is 0 Å². The van der Waals surface area contributed by atoms with E-state index in [9.17, 15) is 0 Å². The summed E-state index contributed by atoms with van der Waals surface area (Å²) < 4.78 is 0. The van der Waals surface area contributed by atoms with Gasteiger partial charge >= 0.3 is 0 Å². The van der Waals surface area contributed by atoms with Crippen LogP contribution in [-0.2, 0) is 0 Å². The molecule has 0 radical (unpaired) electrons. The molecule has 0 N–H and O–H groups in total. The van der Waals surface area contributed by atoms with Crippen molar-refractivity contribution in [1.29, 1.82) is 0 Å². The standard InChI is InChI=1S/3C8H10.5C7H9N.4C6H8N2.12C2H6.3CH4/c1-7-3-5-8(2)6-4-7;1-7-4-3-5-8(2)6-7;1-7-5-3-4-6-8(7)2;1-6-3-7(2)5-8-4-6;1-6-3-4-8-7(2)5-6;2*1-6-3-4-7(2)8-5-6;1-6-4-3-5-8-7(6)2;1-5-3-6(2)8-4-7-5;2*1-5-3-6(2)8-7-4-5;1-5-3-4-7-6(2)8-5;12*1-2;;;/h3*3-6H,1-2H3;5*3-5H,1-2H3;4*3-4H,1-2H3;12*1-2H3;3*1H4. The maximum atomic E-state index is 4.08. The van der Waals surface area contributed by atoms with Crippen molar-refractivity contribution in [1.82, 2.24) is 65.3 Å². The third-order valence-corrected chi connectivity index (χ3v) is 13.0. The molecule has 12 rings (SSSR count). The molecule has 12 aromatic rings. The highest BCUT2D eigenvalue weighted by atomic mass is 15.1. The minimum Gasteiger partial charge on any atom is -0.264 e. The summed E-state index contributed by atoms with van der Waals surface area (Å²) in [6.07, 6.45) is 17.9. The van der Waals surface area contributed by atoms with Crippen LogP contribution in [0, 0.1) is 166 Å². The normalized spacial score (nSPS) is 7.80. The van der Waals surface area contributed by atoms with Crippen molar-refractivity contribution in [3.63, 3.8) is 0 Å². The van der Waals surface area contributed by atoms with Crippen molar-refractivity contribution in [3.8, 4) is 0 Å². The van der Waals surface area contributed by atoms with E-state index in [2.05, 4.69) is 224 Å². The van der Waals surface area contributed by atoms with E-state index in [1.807, 2.05) is 363 Å². The lowest BCUT2D eigenvalue weighted by atomic mass is 10.1. The number of nitrogens with zero attached hydrogens (tertiary/aromatic N) is 13. The minimum atomic E-state index is 0. The van der Waals surface area contributed by atoms with Crippen molar-refractivity contribution < 1.29 is 0 Å². The monoisotopic (exact) mass is 1690 g/mol. The van der Waals surface area contributed by atoms with Crippen molar-refractivity contribution in [2.75, 3.05) is 0 Å². The molecular weight excluding hydrogens is 1500 g/mol. The van der Waals surface area contributed by atoms with Crippen LogP contribution in [0.5, 0.6) is 0 Å². The molecule has 0 amide bonds. The molecule has 0 atom stereocenters. The summed E-state index contributed by atoms with van der Waals surface area (Å²) in [5.41, 5.74) is 27.2. The molecule has 696 valence electrons. The largest absolute Gasteiger partial charge is 0.264 e. The Labute approximate surface area is 764 Å². The van der Waals surface area contributed by atoms with Gasteiger partial charge in [0.1, 0.15) is 12.2 Å². The number of pyridine rings is 5. The first-order valence-electron chi connectivity index (χ1n) is 44.1. The van der Waals surface area contributed by atoms with Crippen LogP contribution < -0.4 is 0 Å². The predicted molar refractivity (Wildman–Crippen MR) is 559 cm³/mol. The van der Waals surface area contributed by atoms with Crippen molar-refractivity contribution in [2.45, 2.75) is 355 Å². The Kier molecular flexibility index (Phi) is 136. The highest BCUT2D eigenvalue weighted by molar-refractivity contribution is 5.24. The number of hydrogen-bond acceptors (Lipinski definition) is 13. The van der Waals surface area contributed by atoms with E-state index in [0.29, 0.717) is 0 Å². The molecule has 0 saturated carbocycles. The van der Waals surface area contributed by atoms with Gasteiger partial charge in [-0.3, -0.25) is 24.9 Å². The molecule has 13 nitrogen and oxygen atoms in total. The number of rotatable bonds is 0. The molecule has 13 heteroatoms. The molecule has 0 aliphatic rings. The number of benzene rings is 3. The summed E-state index contributed by atoms with van der Waals surface area (Å²) in [7, 11) is 0. The second kappa shape index (κ2) is 114. The van der Waals surface area contributed by atoms with Crippen molar-refractivity contribution in [2.24, 2.45) is 0 Å². The molecule has 0 aliphatic carbocycles. The van der Waals surface area contributed by atoms with E-state index in [0.717, 1.165) is 68.2 Å². The zero-order chi connectivity index (χ0) is 95.8. The second-order valence-electron chi connectivity index (χ2n) is 23.6. The quantitative estimate of drug-likeness (QED) is 0.141. The minimum absolute atomic E-state index is 0. The summed E-state index contributed by atoms with van der Waals surface area (Å²) >= 11 is 0. The Bertz CT molecular complexity index is 3210. The topological polar surface area (TPSA) is 168 Å². The lowest BCUT2D eigenvalue weighted by molar-refractivity contribution is 0.966. The van der Waals surface area contributed by atoms with Gasteiger partial charge in [-0.15, -0.1) is 0 Å². The molecule has 0 aliphatic heterocycles. The van der Waals surface area contributed by atoms with Gasteiger partial charge in [0.05, 0.1) is 23.8 Å². The predicted octanol–water partition coefficient (Wildman–Crippen LogP) is 34.0. The molecule has 0 spiro atoms. The maximum absolute atomic E-state index is 4.08. The molecule has 0 fully saturated rings. The van der Waals surface area contributed by atoms with Gasteiger partial charge in [-0.05, 0) is 276 Å². The van der Waals surface area contributed by atoms with Crippen molar-refractivity contribution >= 4 is 0 Å². The lowest BCUT2D eigenvalue weighted by Gasteiger charge is -1.93. The highest BCUT2D eigenvalue weighted by Crippen LogP contribution is 2.05. The first-order chi connectivity index (χ1) is 57.5. The fraction of sp³-hybridized carbons (Fsp3) is 0.464. The van der Waals surface area contributed by atoms with Crippen LogP contribution in [-0.4, -0.2) is 65.3 Å². The highest BCUT2D eigenvalue weighted by Gasteiger charge is 1.91. The molecular formula is C110H191N13. The average Bonchev–Trinajstić information content (AvgIpc) is 0.933. The van der Waals surface area contributed by atoms with E-state index < -0.39 is 0 Å². The average molecular weight is 1700 g/mol. The van der Waals surface area contributed by atoms with Crippen molar-refractivity contribution in [3.05, 3.63) is 349 Å². The summed E-state index contributed by atoms with van der Waals surface area (Å²) in [5.74, 6) is 0.838. The summed E-state index contributed by atoms with van der Waals surface area (Å²) in [6, 6.07) is 51.4. The Morgan fingerprint density at radius 3 is 0.707 bits per heavy atom. The van der Waals surface area contributed by atoms with Gasteiger partial charge in [0.2, 0.25) is 0 Å². The summed E-state index contributed by atoms with van der Waals surface area (Å²) in [6.45, 7) is 96.5. The number of hydrogen-bond donors (Lipinski definition) is 0. The maximum Gasteiger partial charge on any atom is 0.125 e. The van der Waals surface area contributed by atoms with Crippen LogP contribution in [0.15, 0.2) is 214 Å². The Morgan fingerprint density at radius 2 is 0.504 bits per heavy atom. The Hall–Kier alpha value is -10.3. The summed E-state index contributed by atoms with van der Waals surface area (Å²) in [5, 5.41) is 15.0. The first kappa shape index (κ1) is 147. The molecule has 3 aromatic carbocycles. The Balaban J connectivity index is -0.0000000776. The van der Waals surface area contributed by atoms with Gasteiger partial charge in [0.15, 0.2) is 0 Å². The van der Waals surface area contributed by atoms with Crippen LogP contribution in [0.25, 0.3) is 0 Å². The molecule has 9 aromatic heterocycles. The number of aromatic nitrogens is 13. The zero-order valence-corrected chi connectivity index (χ0v) is 86.0. The van der Waals surface area contributed by atoms with Gasteiger partial charge in [0.25, 0.3) is 0 Å². The van der Waals surface area contributed by atoms with Gasteiger partial charge in [-0.1, -0.05) is 308 Å². The second-order valence-corrected chi connectivity index (χ2v) is 23.6. The van der Waals surface area contributed by atoms with Gasteiger partial charge in [-0.25, -0.2) is 19.9 Å². The fourth-order valence-corrected chi connectivity index (χ4v) is 7.52. The molecule has 9 heterocycles. The molecule has 0 bridgehead atoms. The van der Waals surface area contributed by atoms with E-state index in [1.165, 1.54) is 66.8 Å². The van der Waals surface area contributed by atoms with Crippen LogP contribution in [0.2, 0.25) is 0 Å². The molecule has 0 unspecified atom stereocenters. The first-order valence-corrected chi connectivity index (χ1v) is 44.1.